The molecule has 0 aliphatic carbocycles. The van der Waals surface area contributed by atoms with Crippen LogP contribution in [-0.4, -0.2) is 5.91 Å². The molecule has 1 aromatic carbocycles. The SMILES string of the molecule is Cc1cc(F)cc2cc(C(N)=O)oc12. The third-order valence-electron chi connectivity index (χ3n) is 2.01. The summed E-state index contributed by atoms with van der Waals surface area (Å²) in [5.74, 6) is -0.957. The minimum atomic E-state index is -0.652. The molecule has 0 fully saturated rings. The van der Waals surface area contributed by atoms with Gasteiger partial charge in [0, 0.05) is 5.39 Å². The first-order valence-electron chi connectivity index (χ1n) is 4.07. The maximum Gasteiger partial charge on any atom is 0.284 e. The summed E-state index contributed by atoms with van der Waals surface area (Å²) in [4.78, 5) is 10.8. The third-order valence-corrected chi connectivity index (χ3v) is 2.01. The van der Waals surface area contributed by atoms with Crippen molar-refractivity contribution in [3.8, 4) is 0 Å². The van der Waals surface area contributed by atoms with Crippen LogP contribution in [0, 0.1) is 12.7 Å². The molecule has 72 valence electrons. The zero-order chi connectivity index (χ0) is 10.3. The number of carbonyl (C=O) groups excluding carboxylic acids is 1. The summed E-state index contributed by atoms with van der Waals surface area (Å²) in [5.41, 5.74) is 6.19. The van der Waals surface area contributed by atoms with Crippen molar-refractivity contribution in [2.75, 3.05) is 0 Å². The third kappa shape index (κ3) is 1.25. The predicted octanol–water partition coefficient (Wildman–Crippen LogP) is 1.98. The molecule has 4 heteroatoms. The fourth-order valence-corrected chi connectivity index (χ4v) is 1.40. The Morgan fingerprint density at radius 2 is 2.14 bits per heavy atom. The topological polar surface area (TPSA) is 56.2 Å². The van der Waals surface area contributed by atoms with Gasteiger partial charge in [-0.25, -0.2) is 4.39 Å². The number of amides is 1. The summed E-state index contributed by atoms with van der Waals surface area (Å²) in [6.07, 6.45) is 0. The van der Waals surface area contributed by atoms with Crippen LogP contribution in [-0.2, 0) is 0 Å². The van der Waals surface area contributed by atoms with Gasteiger partial charge >= 0.3 is 0 Å². The lowest BCUT2D eigenvalue weighted by Gasteiger charge is -1.93. The Labute approximate surface area is 79.3 Å². The van der Waals surface area contributed by atoms with Crippen LogP contribution in [0.25, 0.3) is 11.0 Å². The largest absolute Gasteiger partial charge is 0.451 e. The van der Waals surface area contributed by atoms with Gasteiger partial charge in [0.05, 0.1) is 0 Å². The molecular formula is C10H8FNO2. The van der Waals surface area contributed by atoms with Gasteiger partial charge in [-0.2, -0.15) is 0 Å². The minimum absolute atomic E-state index is 0.0497. The van der Waals surface area contributed by atoms with Crippen LogP contribution in [0.5, 0.6) is 0 Å². The number of fused-ring (bicyclic) bond motifs is 1. The summed E-state index contributed by atoms with van der Waals surface area (Å²) in [6, 6.07) is 4.09. The van der Waals surface area contributed by atoms with E-state index in [9.17, 15) is 9.18 Å². The molecule has 1 amide bonds. The lowest BCUT2D eigenvalue weighted by atomic mass is 10.2. The molecule has 14 heavy (non-hydrogen) atoms. The zero-order valence-corrected chi connectivity index (χ0v) is 7.50. The van der Waals surface area contributed by atoms with Crippen molar-refractivity contribution in [3.05, 3.63) is 35.3 Å². The molecule has 2 rings (SSSR count). The Morgan fingerprint density at radius 3 is 2.79 bits per heavy atom. The van der Waals surface area contributed by atoms with E-state index in [0.29, 0.717) is 16.5 Å². The maximum absolute atomic E-state index is 12.9. The Bertz CT molecular complexity index is 516. The van der Waals surface area contributed by atoms with Crippen LogP contribution in [0.2, 0.25) is 0 Å². The van der Waals surface area contributed by atoms with Crippen LogP contribution in [0.1, 0.15) is 16.1 Å². The van der Waals surface area contributed by atoms with Gasteiger partial charge in [0.2, 0.25) is 0 Å². The average Bonchev–Trinajstić information content (AvgIpc) is 2.47. The molecule has 0 aliphatic heterocycles. The van der Waals surface area contributed by atoms with E-state index in [2.05, 4.69) is 0 Å². The van der Waals surface area contributed by atoms with E-state index in [1.165, 1.54) is 18.2 Å². The molecule has 3 nitrogen and oxygen atoms in total. The molecule has 0 aliphatic rings. The first-order chi connectivity index (χ1) is 6.58. The van der Waals surface area contributed by atoms with Crippen molar-refractivity contribution >= 4 is 16.9 Å². The Kier molecular flexibility index (Phi) is 1.77. The monoisotopic (exact) mass is 193 g/mol. The number of halogens is 1. The maximum atomic E-state index is 12.9. The molecular weight excluding hydrogens is 185 g/mol. The molecule has 0 atom stereocenters. The number of furan rings is 1. The molecule has 1 heterocycles. The average molecular weight is 193 g/mol. The van der Waals surface area contributed by atoms with E-state index < -0.39 is 5.91 Å². The Morgan fingerprint density at radius 1 is 1.43 bits per heavy atom. The first-order valence-corrected chi connectivity index (χ1v) is 4.07. The summed E-state index contributed by atoms with van der Waals surface area (Å²) in [5, 5.41) is 0.552. The lowest BCUT2D eigenvalue weighted by molar-refractivity contribution is 0.0976. The van der Waals surface area contributed by atoms with Crippen LogP contribution in [0.4, 0.5) is 4.39 Å². The Hall–Kier alpha value is -1.84. The van der Waals surface area contributed by atoms with Crippen molar-refractivity contribution in [2.45, 2.75) is 6.92 Å². The van der Waals surface area contributed by atoms with Gasteiger partial charge in [-0.3, -0.25) is 4.79 Å². The highest BCUT2D eigenvalue weighted by atomic mass is 19.1. The number of benzene rings is 1. The van der Waals surface area contributed by atoms with Gasteiger partial charge in [-0.15, -0.1) is 0 Å². The van der Waals surface area contributed by atoms with Gasteiger partial charge in [-0.05, 0) is 30.7 Å². The van der Waals surface area contributed by atoms with Crippen LogP contribution in [0.3, 0.4) is 0 Å². The lowest BCUT2D eigenvalue weighted by Crippen LogP contribution is -2.08. The highest BCUT2D eigenvalue weighted by Gasteiger charge is 2.11. The second-order valence-corrected chi connectivity index (χ2v) is 3.12. The van der Waals surface area contributed by atoms with Crippen LogP contribution in [0.15, 0.2) is 22.6 Å². The number of aryl methyl sites for hydroxylation is 1. The van der Waals surface area contributed by atoms with Gasteiger partial charge in [-0.1, -0.05) is 0 Å². The molecule has 2 aromatic rings. The summed E-state index contributed by atoms with van der Waals surface area (Å²) >= 11 is 0. The van der Waals surface area contributed by atoms with E-state index in [0.717, 1.165) is 0 Å². The van der Waals surface area contributed by atoms with Crippen LogP contribution < -0.4 is 5.73 Å². The number of hydrogen-bond donors (Lipinski definition) is 1. The predicted molar refractivity (Wildman–Crippen MR) is 49.4 cm³/mol. The van der Waals surface area contributed by atoms with Crippen molar-refractivity contribution < 1.29 is 13.6 Å². The summed E-state index contributed by atoms with van der Waals surface area (Å²) in [7, 11) is 0. The summed E-state index contributed by atoms with van der Waals surface area (Å²) in [6.45, 7) is 1.71. The minimum Gasteiger partial charge on any atom is -0.451 e. The normalized spacial score (nSPS) is 10.7. The second kappa shape index (κ2) is 2.83. The molecule has 1 aromatic heterocycles. The highest BCUT2D eigenvalue weighted by molar-refractivity contribution is 5.95. The standard InChI is InChI=1S/C10H8FNO2/c1-5-2-7(11)3-6-4-8(10(12)13)14-9(5)6/h2-4H,1H3,(H2,12,13). The quantitative estimate of drug-likeness (QED) is 0.752. The smallest absolute Gasteiger partial charge is 0.284 e. The van der Waals surface area contributed by atoms with Crippen LogP contribution >= 0.6 is 0 Å². The highest BCUT2D eigenvalue weighted by Crippen LogP contribution is 2.23. The van der Waals surface area contributed by atoms with Gasteiger partial charge in [0.25, 0.3) is 5.91 Å². The number of hydrogen-bond acceptors (Lipinski definition) is 2. The number of nitrogens with two attached hydrogens (primary N) is 1. The molecule has 2 N–H and O–H groups in total. The second-order valence-electron chi connectivity index (χ2n) is 3.12. The Balaban J connectivity index is 2.76. The van der Waals surface area contributed by atoms with Gasteiger partial charge in [0.15, 0.2) is 5.76 Å². The van der Waals surface area contributed by atoms with E-state index in [4.69, 9.17) is 10.2 Å². The van der Waals surface area contributed by atoms with E-state index in [1.807, 2.05) is 0 Å². The van der Waals surface area contributed by atoms with E-state index >= 15 is 0 Å². The molecule has 0 bridgehead atoms. The van der Waals surface area contributed by atoms with Crippen molar-refractivity contribution in [3.63, 3.8) is 0 Å². The van der Waals surface area contributed by atoms with Crippen molar-refractivity contribution in [1.82, 2.24) is 0 Å². The molecule has 0 unspecified atom stereocenters. The number of carbonyl (C=O) groups is 1. The number of primary amides is 1. The molecule has 0 saturated carbocycles. The summed E-state index contributed by atoms with van der Waals surface area (Å²) < 4.78 is 18.1. The van der Waals surface area contributed by atoms with E-state index in [-0.39, 0.29) is 11.6 Å². The van der Waals surface area contributed by atoms with Crippen molar-refractivity contribution in [1.29, 1.82) is 0 Å². The molecule has 0 saturated heterocycles. The number of rotatable bonds is 1. The fourth-order valence-electron chi connectivity index (χ4n) is 1.40. The van der Waals surface area contributed by atoms with E-state index in [1.54, 1.807) is 6.92 Å². The zero-order valence-electron chi connectivity index (χ0n) is 7.50. The van der Waals surface area contributed by atoms with Gasteiger partial charge in [0.1, 0.15) is 11.4 Å². The fraction of sp³-hybridized carbons (Fsp3) is 0.100. The molecule has 0 radical (unpaired) electrons. The molecule has 0 spiro atoms. The van der Waals surface area contributed by atoms with Crippen molar-refractivity contribution in [2.24, 2.45) is 5.73 Å². The first kappa shape index (κ1) is 8.74. The van der Waals surface area contributed by atoms with Gasteiger partial charge < -0.3 is 10.2 Å².